The first-order valence-electron chi connectivity index (χ1n) is 9.34. The maximum atomic E-state index is 13.2. The van der Waals surface area contributed by atoms with Crippen LogP contribution in [-0.2, 0) is 6.54 Å². The lowest BCUT2D eigenvalue weighted by atomic mass is 10.1. The van der Waals surface area contributed by atoms with Crippen molar-refractivity contribution in [3.05, 3.63) is 96.6 Å². The van der Waals surface area contributed by atoms with E-state index in [0.717, 1.165) is 39.1 Å². The minimum Gasteiger partial charge on any atom is -0.306 e. The minimum absolute atomic E-state index is 0.236. The zero-order chi connectivity index (χ0) is 19.8. The summed E-state index contributed by atoms with van der Waals surface area (Å²) in [5, 5.41) is 5.52. The van der Waals surface area contributed by atoms with Crippen molar-refractivity contribution in [3.8, 4) is 16.9 Å². The molecule has 0 atom stereocenters. The van der Waals surface area contributed by atoms with Crippen molar-refractivity contribution in [1.82, 2.24) is 24.3 Å². The van der Waals surface area contributed by atoms with Crippen LogP contribution in [-0.4, -0.2) is 24.3 Å². The fourth-order valence-electron chi connectivity index (χ4n) is 3.48. The zero-order valence-electron chi connectivity index (χ0n) is 15.8. The molecule has 0 fully saturated rings. The average Bonchev–Trinajstić information content (AvgIpc) is 3.36. The van der Waals surface area contributed by atoms with Crippen LogP contribution in [0.15, 0.2) is 79.5 Å². The van der Waals surface area contributed by atoms with Gasteiger partial charge in [-0.05, 0) is 42.8 Å². The summed E-state index contributed by atoms with van der Waals surface area (Å²) in [4.78, 5) is 8.87. The van der Waals surface area contributed by atoms with Gasteiger partial charge in [0, 0.05) is 29.0 Å². The van der Waals surface area contributed by atoms with Crippen molar-refractivity contribution in [2.75, 3.05) is 0 Å². The van der Waals surface area contributed by atoms with E-state index in [1.165, 1.54) is 12.1 Å². The fraction of sp³-hybridized carbons (Fsp3) is 0.0870. The van der Waals surface area contributed by atoms with Crippen LogP contribution in [0.25, 0.3) is 27.8 Å². The molecular formula is C23H18FN5. The fourth-order valence-corrected chi connectivity index (χ4v) is 3.48. The monoisotopic (exact) mass is 383 g/mol. The van der Waals surface area contributed by atoms with Crippen LogP contribution >= 0.6 is 0 Å². The Hall–Kier alpha value is -3.80. The van der Waals surface area contributed by atoms with Gasteiger partial charge in [0.15, 0.2) is 0 Å². The molecule has 0 aliphatic carbocycles. The standard InChI is InChI=1S/C23H18FN5/c1-16-13-28(15-26-16)20-8-4-18(5-9-20)23-21-12-27-29(22(21)10-11-25-23)14-17-2-6-19(24)7-3-17/h2-13,15H,14H2,1H3. The number of pyridine rings is 1. The first kappa shape index (κ1) is 17.3. The van der Waals surface area contributed by atoms with E-state index in [0.29, 0.717) is 6.54 Å². The highest BCUT2D eigenvalue weighted by atomic mass is 19.1. The van der Waals surface area contributed by atoms with Gasteiger partial charge in [-0.15, -0.1) is 0 Å². The van der Waals surface area contributed by atoms with Gasteiger partial charge in [-0.2, -0.15) is 5.10 Å². The number of hydrogen-bond acceptors (Lipinski definition) is 3. The molecule has 0 aliphatic heterocycles. The predicted octanol–water partition coefficient (Wildman–Crippen LogP) is 4.78. The molecule has 2 aromatic carbocycles. The summed E-state index contributed by atoms with van der Waals surface area (Å²) in [6.45, 7) is 2.55. The molecule has 0 spiro atoms. The van der Waals surface area contributed by atoms with Crippen molar-refractivity contribution in [3.63, 3.8) is 0 Å². The van der Waals surface area contributed by atoms with Crippen LogP contribution in [0.5, 0.6) is 0 Å². The number of rotatable bonds is 4. The summed E-state index contributed by atoms with van der Waals surface area (Å²) in [6, 6.07) is 16.7. The summed E-state index contributed by atoms with van der Waals surface area (Å²) in [7, 11) is 0. The Morgan fingerprint density at radius 1 is 0.931 bits per heavy atom. The molecule has 0 aliphatic rings. The molecule has 3 heterocycles. The van der Waals surface area contributed by atoms with Gasteiger partial charge >= 0.3 is 0 Å². The number of imidazole rings is 1. The van der Waals surface area contributed by atoms with Gasteiger partial charge in [0.1, 0.15) is 5.82 Å². The summed E-state index contributed by atoms with van der Waals surface area (Å²) in [5.41, 5.74) is 5.93. The minimum atomic E-state index is -0.236. The molecule has 6 heteroatoms. The van der Waals surface area contributed by atoms with Crippen molar-refractivity contribution in [2.45, 2.75) is 13.5 Å². The van der Waals surface area contributed by atoms with E-state index in [9.17, 15) is 4.39 Å². The third kappa shape index (κ3) is 3.29. The molecule has 29 heavy (non-hydrogen) atoms. The largest absolute Gasteiger partial charge is 0.306 e. The summed E-state index contributed by atoms with van der Waals surface area (Å²) < 4.78 is 17.1. The molecular weight excluding hydrogens is 365 g/mol. The first-order valence-corrected chi connectivity index (χ1v) is 9.34. The van der Waals surface area contributed by atoms with E-state index < -0.39 is 0 Å². The second kappa shape index (κ2) is 6.98. The van der Waals surface area contributed by atoms with Crippen LogP contribution < -0.4 is 0 Å². The number of fused-ring (bicyclic) bond motifs is 1. The Balaban J connectivity index is 1.49. The molecule has 0 N–H and O–H groups in total. The Labute approximate surface area is 167 Å². The van der Waals surface area contributed by atoms with Crippen LogP contribution in [0.2, 0.25) is 0 Å². The van der Waals surface area contributed by atoms with Crippen molar-refractivity contribution >= 4 is 10.9 Å². The third-order valence-electron chi connectivity index (χ3n) is 4.97. The molecule has 0 bridgehead atoms. The van der Waals surface area contributed by atoms with Gasteiger partial charge in [0.05, 0.1) is 36.0 Å². The highest BCUT2D eigenvalue weighted by molar-refractivity contribution is 5.92. The lowest BCUT2D eigenvalue weighted by molar-refractivity contribution is 0.625. The number of aryl methyl sites for hydroxylation is 1. The van der Waals surface area contributed by atoms with Gasteiger partial charge < -0.3 is 4.57 Å². The second-order valence-corrected chi connectivity index (χ2v) is 6.99. The Bertz CT molecular complexity index is 1280. The van der Waals surface area contributed by atoms with E-state index in [-0.39, 0.29) is 5.82 Å². The van der Waals surface area contributed by atoms with Crippen LogP contribution in [0.4, 0.5) is 4.39 Å². The van der Waals surface area contributed by atoms with Crippen LogP contribution in [0.1, 0.15) is 11.3 Å². The number of halogens is 1. The molecule has 0 saturated heterocycles. The number of nitrogens with zero attached hydrogens (tertiary/aromatic N) is 5. The van der Waals surface area contributed by atoms with Gasteiger partial charge in [-0.25, -0.2) is 9.37 Å². The summed E-state index contributed by atoms with van der Waals surface area (Å²) in [6.07, 6.45) is 7.44. The van der Waals surface area contributed by atoms with E-state index in [2.05, 4.69) is 39.3 Å². The summed E-state index contributed by atoms with van der Waals surface area (Å²) >= 11 is 0. The molecule has 142 valence electrons. The molecule has 0 unspecified atom stereocenters. The highest BCUT2D eigenvalue weighted by Crippen LogP contribution is 2.27. The molecule has 0 radical (unpaired) electrons. The van der Waals surface area contributed by atoms with Crippen molar-refractivity contribution in [1.29, 1.82) is 0 Å². The van der Waals surface area contributed by atoms with Gasteiger partial charge in [0.25, 0.3) is 0 Å². The van der Waals surface area contributed by atoms with E-state index in [1.54, 1.807) is 18.3 Å². The number of aromatic nitrogens is 5. The lowest BCUT2D eigenvalue weighted by Gasteiger charge is -2.07. The normalized spacial score (nSPS) is 11.2. The second-order valence-electron chi connectivity index (χ2n) is 6.99. The lowest BCUT2D eigenvalue weighted by Crippen LogP contribution is -2.01. The Morgan fingerprint density at radius 3 is 2.45 bits per heavy atom. The van der Waals surface area contributed by atoms with Gasteiger partial charge in [-0.1, -0.05) is 24.3 Å². The Kier molecular flexibility index (Phi) is 4.17. The van der Waals surface area contributed by atoms with Crippen molar-refractivity contribution < 1.29 is 4.39 Å². The van der Waals surface area contributed by atoms with Gasteiger partial charge in [-0.3, -0.25) is 9.67 Å². The third-order valence-corrected chi connectivity index (χ3v) is 4.97. The topological polar surface area (TPSA) is 48.5 Å². The highest BCUT2D eigenvalue weighted by Gasteiger charge is 2.11. The Morgan fingerprint density at radius 2 is 1.72 bits per heavy atom. The predicted molar refractivity (Wildman–Crippen MR) is 110 cm³/mol. The molecule has 5 aromatic rings. The van der Waals surface area contributed by atoms with E-state index >= 15 is 0 Å². The first-order chi connectivity index (χ1) is 14.2. The zero-order valence-corrected chi connectivity index (χ0v) is 15.8. The van der Waals surface area contributed by atoms with Crippen LogP contribution in [0.3, 0.4) is 0 Å². The molecule has 5 nitrogen and oxygen atoms in total. The maximum Gasteiger partial charge on any atom is 0.123 e. The average molecular weight is 383 g/mol. The molecule has 0 saturated carbocycles. The number of hydrogen-bond donors (Lipinski definition) is 0. The summed E-state index contributed by atoms with van der Waals surface area (Å²) in [5.74, 6) is -0.236. The van der Waals surface area contributed by atoms with Crippen LogP contribution in [0, 0.1) is 12.7 Å². The van der Waals surface area contributed by atoms with Gasteiger partial charge in [0.2, 0.25) is 0 Å². The quantitative estimate of drug-likeness (QED) is 0.449. The smallest absolute Gasteiger partial charge is 0.123 e. The van der Waals surface area contributed by atoms with E-state index in [4.69, 9.17) is 0 Å². The SMILES string of the molecule is Cc1cn(-c2ccc(-c3nccc4c3cnn4Cc3ccc(F)cc3)cc2)cn1. The molecule has 0 amide bonds. The maximum absolute atomic E-state index is 13.2. The van der Waals surface area contributed by atoms with Crippen molar-refractivity contribution in [2.24, 2.45) is 0 Å². The molecule has 5 rings (SSSR count). The number of benzene rings is 2. The molecule has 3 aromatic heterocycles. The van der Waals surface area contributed by atoms with E-state index in [1.807, 2.05) is 41.0 Å².